The Hall–Kier alpha value is -2.56. The fourth-order valence-electron chi connectivity index (χ4n) is 2.44. The minimum Gasteiger partial charge on any atom is -0.477 e. The molecule has 0 spiro atoms. The molecule has 10 heteroatoms. The maximum atomic E-state index is 11.6. The fraction of sp³-hybridized carbons (Fsp3) is 0.500. The van der Waals surface area contributed by atoms with E-state index < -0.39 is 42.4 Å². The molecular formula is C16H20NO9+. The lowest BCUT2D eigenvalue weighted by molar-refractivity contribution is -0.765. The molecule has 1 aliphatic heterocycles. The lowest BCUT2D eigenvalue weighted by Crippen LogP contribution is -2.46. The zero-order valence-corrected chi connectivity index (χ0v) is 14.0. The van der Waals surface area contributed by atoms with E-state index >= 15 is 0 Å². The summed E-state index contributed by atoms with van der Waals surface area (Å²) in [7, 11) is 1.20. The Morgan fingerprint density at radius 1 is 1.19 bits per heavy atom. The molecule has 26 heavy (non-hydrogen) atoms. The molecule has 0 aliphatic carbocycles. The summed E-state index contributed by atoms with van der Waals surface area (Å²) in [5, 5.41) is 29.2. The smallest absolute Gasteiger partial charge is 0.341 e. The number of nitrogens with zero attached hydrogens (tertiary/aromatic N) is 1. The summed E-state index contributed by atoms with van der Waals surface area (Å²) < 4.78 is 16.2. The van der Waals surface area contributed by atoms with Gasteiger partial charge in [-0.15, -0.1) is 0 Å². The molecule has 1 fully saturated rings. The van der Waals surface area contributed by atoms with Crippen LogP contribution in [0.1, 0.15) is 29.4 Å². The summed E-state index contributed by atoms with van der Waals surface area (Å²) in [4.78, 5) is 33.6. The third-order valence-electron chi connectivity index (χ3n) is 3.87. The number of hydrogen-bond acceptors (Lipinski definition) is 8. The number of hydrogen-bond donors (Lipinski definition) is 3. The number of ether oxygens (including phenoxy) is 3. The van der Waals surface area contributed by atoms with Crippen LogP contribution in [0.2, 0.25) is 0 Å². The molecule has 1 aromatic rings. The molecule has 2 rings (SSSR count). The van der Waals surface area contributed by atoms with E-state index in [1.807, 2.05) is 0 Å². The van der Waals surface area contributed by atoms with Crippen molar-refractivity contribution in [1.29, 1.82) is 0 Å². The summed E-state index contributed by atoms with van der Waals surface area (Å²) in [5.41, 5.74) is -0.0181. The summed E-state index contributed by atoms with van der Waals surface area (Å²) in [6.07, 6.45) is -2.30. The first kappa shape index (κ1) is 19.8. The Bertz CT molecular complexity index is 677. The van der Waals surface area contributed by atoms with Crippen LogP contribution >= 0.6 is 0 Å². The number of carbonyl (C=O) groups is 3. The number of pyridine rings is 1. The van der Waals surface area contributed by atoms with Crippen molar-refractivity contribution in [2.75, 3.05) is 13.7 Å². The molecule has 142 valence electrons. The van der Waals surface area contributed by atoms with Gasteiger partial charge in [0.2, 0.25) is 0 Å². The molecule has 3 N–H and O–H groups in total. The Kier molecular flexibility index (Phi) is 6.61. The van der Waals surface area contributed by atoms with Gasteiger partial charge in [-0.3, -0.25) is 9.59 Å². The van der Waals surface area contributed by atoms with Crippen molar-refractivity contribution in [2.24, 2.45) is 0 Å². The highest BCUT2D eigenvalue weighted by Gasteiger charge is 2.48. The zero-order valence-electron chi connectivity index (χ0n) is 14.0. The van der Waals surface area contributed by atoms with Gasteiger partial charge < -0.3 is 29.5 Å². The lowest BCUT2D eigenvalue weighted by Gasteiger charge is -2.13. The Balaban J connectivity index is 1.95. The topological polar surface area (TPSA) is 143 Å². The minimum atomic E-state index is -1.34. The van der Waals surface area contributed by atoms with Gasteiger partial charge in [-0.1, -0.05) is 0 Å². The maximum Gasteiger partial charge on any atom is 0.341 e. The highest BCUT2D eigenvalue weighted by Crippen LogP contribution is 2.25. The summed E-state index contributed by atoms with van der Waals surface area (Å²) in [5.74, 6) is -2.38. The number of aromatic carboxylic acids is 1. The van der Waals surface area contributed by atoms with Gasteiger partial charge in [-0.25, -0.2) is 4.79 Å². The zero-order chi connectivity index (χ0) is 19.3. The lowest BCUT2D eigenvalue weighted by atomic mass is 10.1. The number of aromatic nitrogens is 1. The van der Waals surface area contributed by atoms with E-state index in [9.17, 15) is 24.6 Å². The first-order valence-electron chi connectivity index (χ1n) is 7.81. The molecule has 0 aromatic carbocycles. The monoisotopic (exact) mass is 370 g/mol. The molecule has 1 aromatic heterocycles. The molecule has 0 radical (unpaired) electrons. The fourth-order valence-corrected chi connectivity index (χ4v) is 2.44. The Morgan fingerprint density at radius 3 is 2.54 bits per heavy atom. The van der Waals surface area contributed by atoms with Crippen LogP contribution < -0.4 is 4.57 Å². The second-order valence-electron chi connectivity index (χ2n) is 5.65. The molecule has 0 amide bonds. The molecule has 0 saturated carbocycles. The largest absolute Gasteiger partial charge is 0.477 e. The molecule has 0 unspecified atom stereocenters. The molecular weight excluding hydrogens is 350 g/mol. The third kappa shape index (κ3) is 4.75. The van der Waals surface area contributed by atoms with Crippen molar-refractivity contribution in [3.63, 3.8) is 0 Å². The molecule has 2 heterocycles. The van der Waals surface area contributed by atoms with Crippen molar-refractivity contribution in [3.8, 4) is 0 Å². The van der Waals surface area contributed by atoms with E-state index in [0.29, 0.717) is 0 Å². The van der Waals surface area contributed by atoms with Crippen molar-refractivity contribution >= 4 is 17.9 Å². The first-order chi connectivity index (χ1) is 12.3. The van der Waals surface area contributed by atoms with E-state index in [2.05, 4.69) is 4.74 Å². The number of carboxylic acid groups (broad SMARTS) is 1. The molecule has 0 bridgehead atoms. The van der Waals surface area contributed by atoms with Crippen LogP contribution in [0, 0.1) is 0 Å². The van der Waals surface area contributed by atoms with Crippen molar-refractivity contribution < 1.29 is 48.5 Å². The van der Waals surface area contributed by atoms with Crippen LogP contribution in [0.5, 0.6) is 0 Å². The predicted molar refractivity (Wildman–Crippen MR) is 81.7 cm³/mol. The SMILES string of the molecule is COC(=O)CCC(=O)OC[C@H]1O[C@@H]([n+]2cccc(C(=O)O)c2)[C@H](O)[C@@H]1O. The second kappa shape index (κ2) is 8.70. The summed E-state index contributed by atoms with van der Waals surface area (Å²) in [6.45, 7) is -0.325. The molecule has 1 aliphatic rings. The second-order valence-corrected chi connectivity index (χ2v) is 5.65. The average molecular weight is 370 g/mol. The van der Waals surface area contributed by atoms with E-state index in [4.69, 9.17) is 14.6 Å². The van der Waals surface area contributed by atoms with E-state index in [-0.39, 0.29) is 25.0 Å². The van der Waals surface area contributed by atoms with Crippen LogP contribution in [-0.4, -0.2) is 65.3 Å². The van der Waals surface area contributed by atoms with Gasteiger partial charge in [0.05, 0.1) is 20.0 Å². The standard InChI is InChI=1S/C16H19NO9/c1-24-11(18)4-5-12(19)25-8-10-13(20)14(21)15(26-10)17-6-2-3-9(7-17)16(22)23/h2-3,6-7,10,13-15,20-21H,4-5,8H2,1H3/p+1/t10-,13-,14-,15-/m1/s1. The minimum absolute atomic E-state index is 0.0181. The van der Waals surface area contributed by atoms with Crippen LogP contribution in [0.3, 0.4) is 0 Å². The van der Waals surface area contributed by atoms with Crippen LogP contribution in [-0.2, 0) is 23.8 Å². The maximum absolute atomic E-state index is 11.6. The summed E-state index contributed by atoms with van der Waals surface area (Å²) in [6, 6.07) is 2.84. The number of aliphatic hydroxyl groups is 2. The van der Waals surface area contributed by atoms with Gasteiger partial charge in [0, 0.05) is 6.07 Å². The number of esters is 2. The number of carbonyl (C=O) groups excluding carboxylic acids is 2. The number of methoxy groups -OCH3 is 1. The van der Waals surface area contributed by atoms with Gasteiger partial charge in [-0.2, -0.15) is 4.57 Å². The van der Waals surface area contributed by atoms with Crippen LogP contribution in [0.15, 0.2) is 24.5 Å². The van der Waals surface area contributed by atoms with Gasteiger partial charge >= 0.3 is 17.9 Å². The average Bonchev–Trinajstić information content (AvgIpc) is 2.92. The Morgan fingerprint density at radius 2 is 1.88 bits per heavy atom. The van der Waals surface area contributed by atoms with Gasteiger partial charge in [0.15, 0.2) is 18.5 Å². The van der Waals surface area contributed by atoms with Crippen molar-refractivity contribution in [1.82, 2.24) is 0 Å². The normalized spacial score (nSPS) is 24.9. The quantitative estimate of drug-likeness (QED) is 0.398. The van der Waals surface area contributed by atoms with Crippen LogP contribution in [0.25, 0.3) is 0 Å². The van der Waals surface area contributed by atoms with Gasteiger partial charge in [0.1, 0.15) is 24.4 Å². The van der Waals surface area contributed by atoms with E-state index in [0.717, 1.165) is 0 Å². The van der Waals surface area contributed by atoms with E-state index in [1.165, 1.54) is 36.2 Å². The van der Waals surface area contributed by atoms with Crippen molar-refractivity contribution in [2.45, 2.75) is 37.4 Å². The molecule has 1 saturated heterocycles. The highest BCUT2D eigenvalue weighted by atomic mass is 16.6. The van der Waals surface area contributed by atoms with Crippen molar-refractivity contribution in [3.05, 3.63) is 30.1 Å². The highest BCUT2D eigenvalue weighted by molar-refractivity contribution is 5.86. The van der Waals surface area contributed by atoms with E-state index in [1.54, 1.807) is 0 Å². The van der Waals surface area contributed by atoms with Crippen LogP contribution in [0.4, 0.5) is 0 Å². The summed E-state index contributed by atoms with van der Waals surface area (Å²) >= 11 is 0. The Labute approximate surface area is 148 Å². The van der Waals surface area contributed by atoms with Gasteiger partial charge in [0.25, 0.3) is 6.23 Å². The predicted octanol–water partition coefficient (Wildman–Crippen LogP) is -1.21. The van der Waals surface area contributed by atoms with Gasteiger partial charge in [-0.05, 0) is 6.07 Å². The number of carboxylic acids is 1. The molecule has 4 atom stereocenters. The number of rotatable bonds is 7. The first-order valence-corrected chi connectivity index (χ1v) is 7.81. The number of aliphatic hydroxyl groups excluding tert-OH is 2. The molecule has 10 nitrogen and oxygen atoms in total. The third-order valence-corrected chi connectivity index (χ3v) is 3.87.